The third-order valence-corrected chi connectivity index (χ3v) is 7.06. The van der Waals surface area contributed by atoms with Gasteiger partial charge in [-0.1, -0.05) is 12.5 Å². The molecule has 1 aromatic carbocycles. The number of nitrogens with one attached hydrogen (secondary N) is 1. The molecular weight excluding hydrogens is 531 g/mol. The van der Waals surface area contributed by atoms with Crippen molar-refractivity contribution in [3.05, 3.63) is 24.3 Å². The van der Waals surface area contributed by atoms with E-state index in [1.807, 2.05) is 19.2 Å². The number of hydrogen-bond donors (Lipinski definition) is 1. The minimum atomic E-state index is 0. The maximum atomic E-state index is 12.4. The third-order valence-electron chi connectivity index (χ3n) is 7.06. The molecule has 0 unspecified atom stereocenters. The molecule has 2 aliphatic heterocycles. The van der Waals surface area contributed by atoms with Gasteiger partial charge in [0.2, 0.25) is 5.91 Å². The molecule has 1 aromatic rings. The molecule has 0 spiro atoms. The van der Waals surface area contributed by atoms with Gasteiger partial charge in [-0.3, -0.25) is 14.7 Å². The highest BCUT2D eigenvalue weighted by Gasteiger charge is 2.31. The molecule has 1 N–H and O–H groups in total. The van der Waals surface area contributed by atoms with Crippen molar-refractivity contribution in [2.45, 2.75) is 19.3 Å². The number of benzene rings is 1. The lowest BCUT2D eigenvalue weighted by molar-refractivity contribution is -0.139. The van der Waals surface area contributed by atoms with Crippen LogP contribution in [0.2, 0.25) is 0 Å². The van der Waals surface area contributed by atoms with Gasteiger partial charge in [0.25, 0.3) is 0 Å². The van der Waals surface area contributed by atoms with Gasteiger partial charge in [0.05, 0.1) is 7.11 Å². The monoisotopic (exact) mass is 570 g/mol. The molecule has 0 bridgehead atoms. The summed E-state index contributed by atoms with van der Waals surface area (Å²) in [7, 11) is 3.57. The maximum Gasteiger partial charge on any atom is 0.225 e. The lowest BCUT2D eigenvalue weighted by atomic mass is 9.84. The van der Waals surface area contributed by atoms with Crippen molar-refractivity contribution in [3.8, 4) is 5.75 Å². The topological polar surface area (TPSA) is 63.7 Å². The van der Waals surface area contributed by atoms with Crippen LogP contribution in [0, 0.1) is 5.92 Å². The number of amides is 1. The predicted octanol–water partition coefficient (Wildman–Crippen LogP) is 1.95. The third kappa shape index (κ3) is 6.65. The van der Waals surface area contributed by atoms with Crippen LogP contribution in [0.1, 0.15) is 19.3 Å². The first-order valence-corrected chi connectivity index (χ1v) is 12.0. The molecule has 1 amide bonds. The Bertz CT molecular complexity index is 787. The number of anilines is 1. The Morgan fingerprint density at radius 1 is 1.06 bits per heavy atom. The normalized spacial score (nSPS) is 20.2. The number of carbonyl (C=O) groups is 1. The fourth-order valence-electron chi connectivity index (χ4n) is 4.75. The second-order valence-corrected chi connectivity index (χ2v) is 8.94. The summed E-state index contributed by atoms with van der Waals surface area (Å²) in [6, 6.07) is 8.27. The second-order valence-electron chi connectivity index (χ2n) is 8.94. The summed E-state index contributed by atoms with van der Waals surface area (Å²) in [6.07, 6.45) is 3.41. The van der Waals surface area contributed by atoms with E-state index in [1.165, 1.54) is 12.1 Å². The fraction of sp³-hybridized carbons (Fsp3) is 0.667. The van der Waals surface area contributed by atoms with Crippen LogP contribution in [-0.4, -0.2) is 106 Å². The number of ether oxygens (including phenoxy) is 1. The van der Waals surface area contributed by atoms with Gasteiger partial charge in [0.1, 0.15) is 5.75 Å². The van der Waals surface area contributed by atoms with Crippen LogP contribution in [0.5, 0.6) is 5.75 Å². The molecule has 1 saturated carbocycles. The number of halogens is 1. The van der Waals surface area contributed by atoms with Crippen molar-refractivity contribution in [1.29, 1.82) is 0 Å². The highest BCUT2D eigenvalue weighted by molar-refractivity contribution is 14.0. The van der Waals surface area contributed by atoms with Gasteiger partial charge in [-0.2, -0.15) is 0 Å². The molecule has 0 radical (unpaired) electrons. The van der Waals surface area contributed by atoms with Crippen molar-refractivity contribution >= 4 is 41.5 Å². The van der Waals surface area contributed by atoms with Crippen LogP contribution in [0.4, 0.5) is 5.69 Å². The number of rotatable bonds is 6. The van der Waals surface area contributed by atoms with Gasteiger partial charge < -0.3 is 24.8 Å². The summed E-state index contributed by atoms with van der Waals surface area (Å²) < 4.78 is 5.36. The van der Waals surface area contributed by atoms with Gasteiger partial charge in [-0.05, 0) is 25.0 Å². The standard InChI is InChI=1S/C24H38N6O2.HI/c1-25-24(30-17-15-28(16-18-30)21-7-4-8-22(19-21)32-2)26-9-10-27-11-13-29(14-12-27)23(31)20-5-3-6-20;/h4,7-8,19-20H,3,5-6,9-18H2,1-2H3,(H,25,26);1H. The molecule has 9 heteroatoms. The number of hydrogen-bond acceptors (Lipinski definition) is 5. The van der Waals surface area contributed by atoms with E-state index < -0.39 is 0 Å². The van der Waals surface area contributed by atoms with Gasteiger partial charge in [-0.25, -0.2) is 0 Å². The maximum absolute atomic E-state index is 12.4. The molecule has 8 nitrogen and oxygen atoms in total. The average Bonchev–Trinajstić information content (AvgIpc) is 2.81. The first kappa shape index (κ1) is 25.9. The summed E-state index contributed by atoms with van der Waals surface area (Å²) in [5.74, 6) is 2.59. The Morgan fingerprint density at radius 3 is 2.36 bits per heavy atom. The fourth-order valence-corrected chi connectivity index (χ4v) is 4.75. The number of guanidine groups is 1. The largest absolute Gasteiger partial charge is 0.497 e. The van der Waals surface area contributed by atoms with Crippen LogP contribution in [0.3, 0.4) is 0 Å². The first-order chi connectivity index (χ1) is 15.7. The number of methoxy groups -OCH3 is 1. The predicted molar refractivity (Wildman–Crippen MR) is 144 cm³/mol. The van der Waals surface area contributed by atoms with Crippen LogP contribution >= 0.6 is 24.0 Å². The molecule has 184 valence electrons. The van der Waals surface area contributed by atoms with E-state index in [4.69, 9.17) is 4.74 Å². The van der Waals surface area contributed by atoms with Crippen LogP contribution in [0.25, 0.3) is 0 Å². The molecule has 3 fully saturated rings. The second kappa shape index (κ2) is 12.6. The van der Waals surface area contributed by atoms with Crippen LogP contribution in [0.15, 0.2) is 29.3 Å². The number of carbonyl (C=O) groups excluding carboxylic acids is 1. The van der Waals surface area contributed by atoms with E-state index in [-0.39, 0.29) is 24.0 Å². The Kier molecular flexibility index (Phi) is 9.91. The Labute approximate surface area is 215 Å². The first-order valence-electron chi connectivity index (χ1n) is 12.0. The van der Waals surface area contributed by atoms with E-state index in [0.717, 1.165) is 90.0 Å². The van der Waals surface area contributed by atoms with Crippen molar-refractivity contribution in [1.82, 2.24) is 20.0 Å². The zero-order valence-corrected chi connectivity index (χ0v) is 22.4. The lowest BCUT2D eigenvalue weighted by Gasteiger charge is -2.39. The van der Waals surface area contributed by atoms with E-state index in [1.54, 1.807) is 7.11 Å². The summed E-state index contributed by atoms with van der Waals surface area (Å²) in [5.41, 5.74) is 1.21. The number of nitrogens with zero attached hydrogens (tertiary/aromatic N) is 5. The molecule has 0 atom stereocenters. The van der Waals surface area contributed by atoms with Gasteiger partial charge in [0.15, 0.2) is 5.96 Å². The quantitative estimate of drug-likeness (QED) is 0.321. The summed E-state index contributed by atoms with van der Waals surface area (Å²) in [6.45, 7) is 9.35. The molecule has 1 aliphatic carbocycles. The van der Waals surface area contributed by atoms with Crippen molar-refractivity contribution in [2.24, 2.45) is 10.9 Å². The Hall–Kier alpha value is -1.75. The van der Waals surface area contributed by atoms with Crippen molar-refractivity contribution in [2.75, 3.05) is 84.5 Å². The van der Waals surface area contributed by atoms with E-state index >= 15 is 0 Å². The van der Waals surface area contributed by atoms with Gasteiger partial charge in [-0.15, -0.1) is 24.0 Å². The summed E-state index contributed by atoms with van der Waals surface area (Å²) in [4.78, 5) is 26.2. The van der Waals surface area contributed by atoms with Gasteiger partial charge >= 0.3 is 0 Å². The van der Waals surface area contributed by atoms with Gasteiger partial charge in [0, 0.05) is 90.2 Å². The zero-order valence-electron chi connectivity index (χ0n) is 20.0. The van der Waals surface area contributed by atoms with E-state index in [0.29, 0.717) is 11.8 Å². The Morgan fingerprint density at radius 2 is 1.76 bits per heavy atom. The Balaban J connectivity index is 0.00000306. The van der Waals surface area contributed by atoms with Crippen molar-refractivity contribution < 1.29 is 9.53 Å². The zero-order chi connectivity index (χ0) is 22.3. The summed E-state index contributed by atoms with van der Waals surface area (Å²) >= 11 is 0. The lowest BCUT2D eigenvalue weighted by Crippen LogP contribution is -2.54. The van der Waals surface area contributed by atoms with E-state index in [9.17, 15) is 4.79 Å². The average molecular weight is 571 g/mol. The molecule has 4 rings (SSSR count). The molecule has 33 heavy (non-hydrogen) atoms. The number of piperazine rings is 2. The smallest absolute Gasteiger partial charge is 0.225 e. The number of aliphatic imine (C=N–C) groups is 1. The summed E-state index contributed by atoms with van der Waals surface area (Å²) in [5, 5.41) is 3.54. The minimum absolute atomic E-state index is 0. The molecule has 0 aromatic heterocycles. The molecule has 2 heterocycles. The van der Waals surface area contributed by atoms with Crippen molar-refractivity contribution in [3.63, 3.8) is 0 Å². The van der Waals surface area contributed by atoms with Crippen LogP contribution in [-0.2, 0) is 4.79 Å². The molecular formula is C24H39IN6O2. The highest BCUT2D eigenvalue weighted by atomic mass is 127. The highest BCUT2D eigenvalue weighted by Crippen LogP contribution is 2.28. The van der Waals surface area contributed by atoms with E-state index in [2.05, 4.69) is 42.0 Å². The molecule has 2 saturated heterocycles. The molecule has 3 aliphatic rings. The van der Waals surface area contributed by atoms with Crippen LogP contribution < -0.4 is 15.0 Å². The SMILES string of the molecule is CN=C(NCCN1CCN(C(=O)C2CCC2)CC1)N1CCN(c2cccc(OC)c2)CC1.I. The minimum Gasteiger partial charge on any atom is -0.497 e.